The van der Waals surface area contributed by atoms with Crippen LogP contribution in [0, 0.1) is 0 Å². The van der Waals surface area contributed by atoms with Crippen LogP contribution in [0.1, 0.15) is 13.8 Å². The Bertz CT molecular complexity index is 337. The molecule has 0 saturated heterocycles. The van der Waals surface area contributed by atoms with Crippen molar-refractivity contribution < 1.29 is 9.53 Å². The Morgan fingerprint density at radius 1 is 1.57 bits per heavy atom. The third-order valence-corrected chi connectivity index (χ3v) is 1.62. The second kappa shape index (κ2) is 4.50. The lowest BCUT2D eigenvalue weighted by Gasteiger charge is -2.10. The van der Waals surface area contributed by atoms with E-state index in [0.717, 1.165) is 0 Å². The van der Waals surface area contributed by atoms with Crippen molar-refractivity contribution in [3.63, 3.8) is 0 Å². The molecule has 3 N–H and O–H groups in total. The van der Waals surface area contributed by atoms with Crippen LogP contribution in [0.25, 0.3) is 0 Å². The summed E-state index contributed by atoms with van der Waals surface area (Å²) in [6.07, 6.45) is 0. The number of anilines is 2. The predicted molar refractivity (Wildman–Crippen MR) is 56.3 cm³/mol. The number of rotatable bonds is 3. The molecule has 1 rings (SSSR count). The van der Waals surface area contributed by atoms with Crippen LogP contribution in [0.2, 0.25) is 0 Å². The van der Waals surface area contributed by atoms with Gasteiger partial charge in [-0.05, 0) is 19.1 Å². The number of hydrogen-bond acceptors (Lipinski definition) is 3. The molecule has 0 atom stereocenters. The first kappa shape index (κ1) is 10.4. The van der Waals surface area contributed by atoms with E-state index in [2.05, 4.69) is 5.32 Å². The third-order valence-electron chi connectivity index (χ3n) is 1.62. The van der Waals surface area contributed by atoms with E-state index >= 15 is 0 Å². The Kier molecular flexibility index (Phi) is 3.34. The summed E-state index contributed by atoms with van der Waals surface area (Å²) in [7, 11) is 0. The molecule has 4 nitrogen and oxygen atoms in total. The highest BCUT2D eigenvalue weighted by molar-refractivity contribution is 5.90. The zero-order chi connectivity index (χ0) is 10.6. The van der Waals surface area contributed by atoms with E-state index in [1.165, 1.54) is 6.92 Å². The summed E-state index contributed by atoms with van der Waals surface area (Å²) >= 11 is 0. The van der Waals surface area contributed by atoms with Gasteiger partial charge in [-0.2, -0.15) is 0 Å². The van der Waals surface area contributed by atoms with Crippen LogP contribution in [0.4, 0.5) is 11.4 Å². The van der Waals surface area contributed by atoms with Gasteiger partial charge in [0.15, 0.2) is 0 Å². The molecular weight excluding hydrogens is 180 g/mol. The van der Waals surface area contributed by atoms with Gasteiger partial charge in [-0.1, -0.05) is 0 Å². The van der Waals surface area contributed by atoms with Gasteiger partial charge in [-0.3, -0.25) is 4.79 Å². The lowest BCUT2D eigenvalue weighted by Crippen LogP contribution is -2.08. The number of nitrogen functional groups attached to an aromatic ring is 1. The highest BCUT2D eigenvalue weighted by Gasteiger charge is 2.04. The molecule has 0 aromatic heterocycles. The molecule has 0 unspecified atom stereocenters. The average Bonchev–Trinajstić information content (AvgIpc) is 2.09. The van der Waals surface area contributed by atoms with Crippen LogP contribution in [0.5, 0.6) is 5.75 Å². The van der Waals surface area contributed by atoms with E-state index in [1.54, 1.807) is 18.2 Å². The Labute approximate surface area is 83.1 Å². The van der Waals surface area contributed by atoms with Gasteiger partial charge in [0, 0.05) is 18.7 Å². The number of nitrogens with one attached hydrogen (secondary N) is 1. The van der Waals surface area contributed by atoms with E-state index in [1.807, 2.05) is 6.92 Å². The molecule has 0 saturated carbocycles. The van der Waals surface area contributed by atoms with E-state index in [4.69, 9.17) is 10.5 Å². The number of carbonyl (C=O) groups is 1. The second-order valence-electron chi connectivity index (χ2n) is 2.87. The molecule has 0 bridgehead atoms. The standard InChI is InChI=1S/C10H14N2O2/c1-3-14-10-6-8(11)4-5-9(10)12-7(2)13/h4-6H,3,11H2,1-2H3,(H,12,13). The third kappa shape index (κ3) is 2.65. The second-order valence-corrected chi connectivity index (χ2v) is 2.87. The predicted octanol–water partition coefficient (Wildman–Crippen LogP) is 1.63. The van der Waals surface area contributed by atoms with E-state index < -0.39 is 0 Å². The largest absolute Gasteiger partial charge is 0.492 e. The summed E-state index contributed by atoms with van der Waals surface area (Å²) < 4.78 is 5.32. The molecule has 76 valence electrons. The molecular formula is C10H14N2O2. The molecule has 1 aromatic rings. The fourth-order valence-corrected chi connectivity index (χ4v) is 1.11. The number of ether oxygens (including phenoxy) is 1. The summed E-state index contributed by atoms with van der Waals surface area (Å²) in [6, 6.07) is 5.13. The molecule has 0 radical (unpaired) electrons. The Balaban J connectivity index is 2.95. The quantitative estimate of drug-likeness (QED) is 0.719. The maximum absolute atomic E-state index is 10.9. The smallest absolute Gasteiger partial charge is 0.221 e. The van der Waals surface area contributed by atoms with Gasteiger partial charge >= 0.3 is 0 Å². The number of amides is 1. The molecule has 0 aliphatic carbocycles. The summed E-state index contributed by atoms with van der Waals surface area (Å²) in [5.74, 6) is 0.471. The van der Waals surface area contributed by atoms with Crippen LogP contribution in [-0.4, -0.2) is 12.5 Å². The van der Waals surface area contributed by atoms with Crippen molar-refractivity contribution in [2.24, 2.45) is 0 Å². The Hall–Kier alpha value is -1.71. The van der Waals surface area contributed by atoms with Crippen molar-refractivity contribution in [3.05, 3.63) is 18.2 Å². The molecule has 0 fully saturated rings. The lowest BCUT2D eigenvalue weighted by molar-refractivity contribution is -0.114. The maximum atomic E-state index is 10.9. The summed E-state index contributed by atoms with van der Waals surface area (Å²) in [5, 5.41) is 2.67. The monoisotopic (exact) mass is 194 g/mol. The van der Waals surface area contributed by atoms with Crippen LogP contribution < -0.4 is 15.8 Å². The summed E-state index contributed by atoms with van der Waals surface area (Å²) in [4.78, 5) is 10.9. The summed E-state index contributed by atoms with van der Waals surface area (Å²) in [5.41, 5.74) is 6.86. The minimum absolute atomic E-state index is 0.129. The van der Waals surface area contributed by atoms with Crippen LogP contribution >= 0.6 is 0 Å². The first-order valence-electron chi connectivity index (χ1n) is 4.43. The topological polar surface area (TPSA) is 64.3 Å². The van der Waals surface area contributed by atoms with Gasteiger partial charge in [0.2, 0.25) is 5.91 Å². The minimum Gasteiger partial charge on any atom is -0.492 e. The van der Waals surface area contributed by atoms with Gasteiger partial charge in [0.05, 0.1) is 12.3 Å². The molecule has 1 aromatic carbocycles. The van der Waals surface area contributed by atoms with Gasteiger partial charge < -0.3 is 15.8 Å². The maximum Gasteiger partial charge on any atom is 0.221 e. The Morgan fingerprint density at radius 3 is 2.86 bits per heavy atom. The number of nitrogens with two attached hydrogens (primary N) is 1. The van der Waals surface area contributed by atoms with E-state index in [-0.39, 0.29) is 5.91 Å². The van der Waals surface area contributed by atoms with Crippen molar-refractivity contribution in [1.82, 2.24) is 0 Å². The number of carbonyl (C=O) groups excluding carboxylic acids is 1. The SMILES string of the molecule is CCOc1cc(N)ccc1NC(C)=O. The van der Waals surface area contributed by atoms with Crippen molar-refractivity contribution in [2.75, 3.05) is 17.7 Å². The molecule has 1 amide bonds. The summed E-state index contributed by atoms with van der Waals surface area (Å²) in [6.45, 7) is 3.86. The molecule has 0 aliphatic rings. The number of hydrogen-bond donors (Lipinski definition) is 2. The van der Waals surface area contributed by atoms with Gasteiger partial charge in [-0.25, -0.2) is 0 Å². The van der Waals surface area contributed by atoms with E-state index in [9.17, 15) is 4.79 Å². The highest BCUT2D eigenvalue weighted by atomic mass is 16.5. The lowest BCUT2D eigenvalue weighted by atomic mass is 10.2. The zero-order valence-corrected chi connectivity index (χ0v) is 8.33. The normalized spacial score (nSPS) is 9.57. The Morgan fingerprint density at radius 2 is 2.29 bits per heavy atom. The van der Waals surface area contributed by atoms with Gasteiger partial charge in [0.25, 0.3) is 0 Å². The highest BCUT2D eigenvalue weighted by Crippen LogP contribution is 2.26. The van der Waals surface area contributed by atoms with Gasteiger partial charge in [-0.15, -0.1) is 0 Å². The fourth-order valence-electron chi connectivity index (χ4n) is 1.11. The zero-order valence-electron chi connectivity index (χ0n) is 8.33. The van der Waals surface area contributed by atoms with Gasteiger partial charge in [0.1, 0.15) is 5.75 Å². The molecule has 14 heavy (non-hydrogen) atoms. The fraction of sp³-hybridized carbons (Fsp3) is 0.300. The minimum atomic E-state index is -0.129. The van der Waals surface area contributed by atoms with Crippen molar-refractivity contribution >= 4 is 17.3 Å². The first-order chi connectivity index (χ1) is 6.63. The molecule has 0 aliphatic heterocycles. The van der Waals surface area contributed by atoms with Crippen LogP contribution in [0.15, 0.2) is 18.2 Å². The molecule has 0 heterocycles. The van der Waals surface area contributed by atoms with E-state index in [0.29, 0.717) is 23.7 Å². The average molecular weight is 194 g/mol. The first-order valence-corrected chi connectivity index (χ1v) is 4.43. The van der Waals surface area contributed by atoms with Crippen molar-refractivity contribution in [1.29, 1.82) is 0 Å². The van der Waals surface area contributed by atoms with Crippen LogP contribution in [-0.2, 0) is 4.79 Å². The molecule has 4 heteroatoms. The van der Waals surface area contributed by atoms with Crippen molar-refractivity contribution in [2.45, 2.75) is 13.8 Å². The molecule has 0 spiro atoms. The van der Waals surface area contributed by atoms with Crippen LogP contribution in [0.3, 0.4) is 0 Å². The number of benzene rings is 1. The van der Waals surface area contributed by atoms with Crippen molar-refractivity contribution in [3.8, 4) is 5.75 Å².